The van der Waals surface area contributed by atoms with Crippen LogP contribution in [-0.4, -0.2) is 17.4 Å². The minimum absolute atomic E-state index is 0.666. The highest BCUT2D eigenvalue weighted by molar-refractivity contribution is 7.97. The van der Waals surface area contributed by atoms with E-state index in [1.807, 2.05) is 11.9 Å². The molecule has 0 amide bonds. The maximum atomic E-state index is 2.56. The molecule has 4 aromatic rings. The van der Waals surface area contributed by atoms with Crippen LogP contribution in [0.25, 0.3) is 22.3 Å². The molecular weight excluding hydrogens is 430 g/mol. The van der Waals surface area contributed by atoms with E-state index in [1.165, 1.54) is 67.8 Å². The SMILES string of the molecule is Cc1cccc(-c2ccc(C3CCN(Sc4ccc5c(c4)Cc4ccccc4-5)CC3)cc2)c1C. The Morgan fingerprint density at radius 3 is 2.26 bits per heavy atom. The summed E-state index contributed by atoms with van der Waals surface area (Å²) in [6.45, 7) is 6.71. The van der Waals surface area contributed by atoms with Gasteiger partial charge in [0, 0.05) is 18.0 Å². The van der Waals surface area contributed by atoms with Crippen molar-refractivity contribution in [3.05, 3.63) is 113 Å². The van der Waals surface area contributed by atoms with Gasteiger partial charge in [-0.2, -0.15) is 0 Å². The molecule has 170 valence electrons. The van der Waals surface area contributed by atoms with Gasteiger partial charge in [0.05, 0.1) is 0 Å². The van der Waals surface area contributed by atoms with Crippen LogP contribution in [0.1, 0.15) is 46.6 Å². The predicted molar refractivity (Wildman–Crippen MR) is 145 cm³/mol. The molecule has 1 heterocycles. The van der Waals surface area contributed by atoms with E-state index < -0.39 is 0 Å². The molecule has 1 aliphatic carbocycles. The Bertz CT molecular complexity index is 1330. The van der Waals surface area contributed by atoms with Crippen LogP contribution < -0.4 is 0 Å². The topological polar surface area (TPSA) is 3.24 Å². The Morgan fingerprint density at radius 2 is 1.44 bits per heavy atom. The normalized spacial score (nSPS) is 15.8. The van der Waals surface area contributed by atoms with E-state index in [9.17, 15) is 0 Å². The second-order valence-electron chi connectivity index (χ2n) is 9.82. The Kier molecular flexibility index (Phi) is 5.80. The zero-order valence-electron chi connectivity index (χ0n) is 20.1. The highest BCUT2D eigenvalue weighted by Crippen LogP contribution is 2.40. The van der Waals surface area contributed by atoms with Gasteiger partial charge < -0.3 is 0 Å². The standard InChI is InChI=1S/C32H31NS/c1-22-6-5-9-30(23(22)2)26-12-10-24(11-13-26)25-16-18-33(19-17-25)34-29-14-15-32-28(21-29)20-27-7-3-4-8-31(27)32/h3-15,21,25H,16-20H2,1-2H3. The predicted octanol–water partition coefficient (Wildman–Crippen LogP) is 8.43. The first-order valence-corrected chi connectivity index (χ1v) is 13.2. The lowest BCUT2D eigenvalue weighted by molar-refractivity contribution is 0.346. The summed E-state index contributed by atoms with van der Waals surface area (Å²) in [5, 5.41) is 0. The molecule has 2 aliphatic rings. The van der Waals surface area contributed by atoms with Crippen molar-refractivity contribution in [3.63, 3.8) is 0 Å². The van der Waals surface area contributed by atoms with E-state index in [1.54, 1.807) is 0 Å². The van der Waals surface area contributed by atoms with Crippen LogP contribution >= 0.6 is 11.9 Å². The van der Waals surface area contributed by atoms with E-state index in [0.717, 1.165) is 19.5 Å². The fourth-order valence-corrected chi connectivity index (χ4v) is 6.62. The summed E-state index contributed by atoms with van der Waals surface area (Å²) in [7, 11) is 0. The third kappa shape index (κ3) is 4.10. The molecule has 0 aromatic heterocycles. The average molecular weight is 462 g/mol. The average Bonchev–Trinajstić information content (AvgIpc) is 3.24. The fourth-order valence-electron chi connectivity index (χ4n) is 5.61. The van der Waals surface area contributed by atoms with Crippen molar-refractivity contribution in [2.24, 2.45) is 0 Å². The fraction of sp³-hybridized carbons (Fsp3) is 0.250. The maximum Gasteiger partial charge on any atom is 0.0233 e. The number of rotatable bonds is 4. The molecule has 1 nitrogen and oxygen atoms in total. The van der Waals surface area contributed by atoms with Crippen LogP contribution in [0.4, 0.5) is 0 Å². The molecule has 1 aliphatic heterocycles. The molecule has 2 heteroatoms. The summed E-state index contributed by atoms with van der Waals surface area (Å²) >= 11 is 1.94. The number of fused-ring (bicyclic) bond motifs is 3. The van der Waals surface area contributed by atoms with Crippen LogP contribution in [-0.2, 0) is 6.42 Å². The number of aryl methyl sites for hydroxylation is 1. The second-order valence-corrected chi connectivity index (χ2v) is 11.0. The van der Waals surface area contributed by atoms with Gasteiger partial charge in [0.15, 0.2) is 0 Å². The zero-order chi connectivity index (χ0) is 23.1. The van der Waals surface area contributed by atoms with Crippen molar-refractivity contribution < 1.29 is 0 Å². The van der Waals surface area contributed by atoms with E-state index in [4.69, 9.17) is 0 Å². The zero-order valence-corrected chi connectivity index (χ0v) is 20.9. The quantitative estimate of drug-likeness (QED) is 0.247. The van der Waals surface area contributed by atoms with Crippen LogP contribution in [0.3, 0.4) is 0 Å². The first-order chi connectivity index (χ1) is 16.7. The molecule has 1 fully saturated rings. The van der Waals surface area contributed by atoms with Gasteiger partial charge in [-0.3, -0.25) is 0 Å². The van der Waals surface area contributed by atoms with E-state index in [2.05, 4.69) is 103 Å². The molecule has 0 unspecified atom stereocenters. The first-order valence-electron chi connectivity index (χ1n) is 12.5. The summed E-state index contributed by atoms with van der Waals surface area (Å²) in [5.41, 5.74) is 12.7. The van der Waals surface area contributed by atoms with Gasteiger partial charge in [-0.1, -0.05) is 72.8 Å². The molecule has 4 aromatic carbocycles. The van der Waals surface area contributed by atoms with Crippen molar-refractivity contribution >= 4 is 11.9 Å². The lowest BCUT2D eigenvalue weighted by Crippen LogP contribution is -2.27. The first kappa shape index (κ1) is 21.7. The minimum Gasteiger partial charge on any atom is -0.246 e. The third-order valence-corrected chi connectivity index (χ3v) is 8.84. The van der Waals surface area contributed by atoms with Crippen LogP contribution in [0.15, 0.2) is 89.8 Å². The molecule has 0 saturated carbocycles. The Morgan fingerprint density at radius 1 is 0.706 bits per heavy atom. The summed E-state index contributed by atoms with van der Waals surface area (Å²) in [6.07, 6.45) is 3.53. The summed E-state index contributed by atoms with van der Waals surface area (Å²) in [5.74, 6) is 0.666. The molecule has 0 spiro atoms. The minimum atomic E-state index is 0.666. The number of piperidine rings is 1. The van der Waals surface area contributed by atoms with Crippen LogP contribution in [0, 0.1) is 13.8 Å². The maximum absolute atomic E-state index is 2.56. The monoisotopic (exact) mass is 461 g/mol. The smallest absolute Gasteiger partial charge is 0.0233 e. The van der Waals surface area contributed by atoms with Crippen molar-refractivity contribution in [3.8, 4) is 22.3 Å². The molecular formula is C32H31NS. The van der Waals surface area contributed by atoms with Crippen molar-refractivity contribution in [2.75, 3.05) is 13.1 Å². The summed E-state index contributed by atoms with van der Waals surface area (Å²) in [6, 6.07) is 31.8. The highest BCUT2D eigenvalue weighted by Gasteiger charge is 2.23. The number of hydrogen-bond acceptors (Lipinski definition) is 2. The number of benzene rings is 4. The van der Waals surface area contributed by atoms with Gasteiger partial charge in [-0.25, -0.2) is 4.31 Å². The number of nitrogens with zero attached hydrogens (tertiary/aromatic N) is 1. The van der Waals surface area contributed by atoms with Gasteiger partial charge >= 0.3 is 0 Å². The van der Waals surface area contributed by atoms with Crippen LogP contribution in [0.5, 0.6) is 0 Å². The van der Waals surface area contributed by atoms with Crippen molar-refractivity contribution in [1.29, 1.82) is 0 Å². The van der Waals surface area contributed by atoms with Gasteiger partial charge in [-0.05, 0) is 113 Å². The Hall–Kier alpha value is -2.81. The van der Waals surface area contributed by atoms with E-state index >= 15 is 0 Å². The lowest BCUT2D eigenvalue weighted by atomic mass is 9.88. The molecule has 0 bridgehead atoms. The Labute approximate surface area is 208 Å². The van der Waals surface area contributed by atoms with Crippen molar-refractivity contribution in [1.82, 2.24) is 4.31 Å². The van der Waals surface area contributed by atoms with Crippen molar-refractivity contribution in [2.45, 2.75) is 43.9 Å². The van der Waals surface area contributed by atoms with Gasteiger partial charge in [0.25, 0.3) is 0 Å². The molecule has 0 N–H and O–H groups in total. The van der Waals surface area contributed by atoms with Gasteiger partial charge in [0.1, 0.15) is 0 Å². The molecule has 34 heavy (non-hydrogen) atoms. The molecule has 0 radical (unpaired) electrons. The van der Waals surface area contributed by atoms with Gasteiger partial charge in [-0.15, -0.1) is 0 Å². The second kappa shape index (κ2) is 9.09. The highest BCUT2D eigenvalue weighted by atomic mass is 32.2. The third-order valence-electron chi connectivity index (χ3n) is 7.75. The van der Waals surface area contributed by atoms with Crippen LogP contribution in [0.2, 0.25) is 0 Å². The van der Waals surface area contributed by atoms with Gasteiger partial charge in [0.2, 0.25) is 0 Å². The summed E-state index contributed by atoms with van der Waals surface area (Å²) < 4.78 is 2.56. The lowest BCUT2D eigenvalue weighted by Gasteiger charge is -2.31. The largest absolute Gasteiger partial charge is 0.246 e. The van der Waals surface area contributed by atoms with E-state index in [0.29, 0.717) is 5.92 Å². The molecule has 0 atom stereocenters. The number of hydrogen-bond donors (Lipinski definition) is 0. The van der Waals surface area contributed by atoms with E-state index in [-0.39, 0.29) is 0 Å². The Balaban J connectivity index is 1.09. The molecule has 6 rings (SSSR count). The molecule has 1 saturated heterocycles. The summed E-state index contributed by atoms with van der Waals surface area (Å²) in [4.78, 5) is 1.38.